The topological polar surface area (TPSA) is 73.2 Å². The fourth-order valence-corrected chi connectivity index (χ4v) is 5.74. The second-order valence-electron chi connectivity index (χ2n) is 9.55. The summed E-state index contributed by atoms with van der Waals surface area (Å²) in [5, 5.41) is 5.50. The Labute approximate surface area is 226 Å². The summed E-state index contributed by atoms with van der Waals surface area (Å²) in [5.74, 6) is 0.414. The van der Waals surface area contributed by atoms with Gasteiger partial charge in [-0.25, -0.2) is 17.5 Å². The van der Waals surface area contributed by atoms with Gasteiger partial charge in [-0.1, -0.05) is 43.3 Å². The van der Waals surface area contributed by atoms with Gasteiger partial charge in [-0.15, -0.1) is 0 Å². The Kier molecular flexibility index (Phi) is 6.19. The number of hydrogen-bond donors (Lipinski definition) is 1. The molecule has 0 atom stereocenters. The van der Waals surface area contributed by atoms with Crippen molar-refractivity contribution in [1.29, 1.82) is 0 Å². The molecule has 0 aliphatic carbocycles. The van der Waals surface area contributed by atoms with E-state index >= 15 is 0 Å². The quantitative estimate of drug-likeness (QED) is 0.267. The van der Waals surface area contributed by atoms with Gasteiger partial charge < -0.3 is 4.74 Å². The zero-order chi connectivity index (χ0) is 27.1. The number of hydrogen-bond acceptors (Lipinski definition) is 4. The molecule has 6 nitrogen and oxygen atoms in total. The predicted octanol–water partition coefficient (Wildman–Crippen LogP) is 6.80. The lowest BCUT2D eigenvalue weighted by atomic mass is 9.86. The first-order valence-corrected chi connectivity index (χ1v) is 14.5. The van der Waals surface area contributed by atoms with Crippen LogP contribution in [0.4, 0.5) is 10.1 Å². The van der Waals surface area contributed by atoms with E-state index in [0.29, 0.717) is 24.5 Å². The minimum atomic E-state index is -3.42. The first-order valence-electron chi connectivity index (χ1n) is 12.6. The molecule has 1 aliphatic heterocycles. The third-order valence-electron chi connectivity index (χ3n) is 6.85. The first-order chi connectivity index (χ1) is 18.8. The van der Waals surface area contributed by atoms with Crippen molar-refractivity contribution in [2.45, 2.75) is 20.0 Å². The van der Waals surface area contributed by atoms with Crippen LogP contribution in [0.2, 0.25) is 0 Å². The Morgan fingerprint density at radius 3 is 2.56 bits per heavy atom. The molecule has 1 aromatic heterocycles. The van der Waals surface area contributed by atoms with Gasteiger partial charge in [-0.3, -0.25) is 4.72 Å². The normalized spacial score (nSPS) is 14.2. The highest BCUT2D eigenvalue weighted by Gasteiger charge is 2.24. The molecule has 0 amide bonds. The summed E-state index contributed by atoms with van der Waals surface area (Å²) in [4.78, 5) is 0. The average Bonchev–Trinajstić information content (AvgIpc) is 3.25. The number of fused-ring (bicyclic) bond motifs is 3. The van der Waals surface area contributed by atoms with Crippen LogP contribution in [0.3, 0.4) is 0 Å². The van der Waals surface area contributed by atoms with Crippen molar-refractivity contribution in [2.75, 3.05) is 11.0 Å². The molecule has 1 N–H and O–H groups in total. The van der Waals surface area contributed by atoms with Crippen molar-refractivity contribution in [2.24, 2.45) is 0 Å². The first kappa shape index (κ1) is 24.9. The fourth-order valence-electron chi connectivity index (χ4n) is 5.18. The Bertz CT molecular complexity index is 1860. The molecule has 8 heteroatoms. The minimum Gasteiger partial charge on any atom is -0.488 e. The van der Waals surface area contributed by atoms with Crippen LogP contribution >= 0.6 is 0 Å². The zero-order valence-electron chi connectivity index (χ0n) is 21.5. The van der Waals surface area contributed by atoms with Crippen LogP contribution in [-0.4, -0.2) is 24.5 Å². The molecule has 0 saturated carbocycles. The largest absolute Gasteiger partial charge is 0.488 e. The number of ether oxygens (including phenoxy) is 1. The van der Waals surface area contributed by atoms with Gasteiger partial charge in [0, 0.05) is 22.7 Å². The van der Waals surface area contributed by atoms with Crippen LogP contribution in [-0.2, 0) is 16.6 Å². The molecule has 2 heterocycles. The van der Waals surface area contributed by atoms with Crippen molar-refractivity contribution in [3.05, 3.63) is 119 Å². The summed E-state index contributed by atoms with van der Waals surface area (Å²) in [7, 11) is -3.42. The standard InChI is InChI=1S/C31H26FN3O3S/c1-3-26(20-8-6-9-24(15-20)34-39(2,36)37)31-27-10-5-4-7-21(27)19-38-30-17-29-22(16-28(30)31)18-33-35(29)25-13-11-23(32)12-14-25/h4-18,34H,3,19H2,1-2H3/b31-26+. The molecule has 1 aliphatic rings. The van der Waals surface area contributed by atoms with Crippen LogP contribution in [0.15, 0.2) is 91.1 Å². The summed E-state index contributed by atoms with van der Waals surface area (Å²) in [6, 6.07) is 26.0. The number of nitrogens with zero attached hydrogens (tertiary/aromatic N) is 2. The SMILES string of the molecule is CC/C(=C1/c2ccccc2COc2cc3c(cnn3-c3ccc(F)cc3)cc21)c1cccc(NS(C)(=O)=O)c1. The van der Waals surface area contributed by atoms with Gasteiger partial charge in [-0.05, 0) is 76.7 Å². The van der Waals surface area contributed by atoms with Crippen LogP contribution in [0.25, 0.3) is 27.7 Å². The summed E-state index contributed by atoms with van der Waals surface area (Å²) >= 11 is 0. The lowest BCUT2D eigenvalue weighted by Crippen LogP contribution is -2.09. The third-order valence-corrected chi connectivity index (χ3v) is 7.46. The number of aromatic nitrogens is 2. The molecule has 0 fully saturated rings. The Morgan fingerprint density at radius 1 is 1.00 bits per heavy atom. The van der Waals surface area contributed by atoms with Crippen LogP contribution in [0.1, 0.15) is 35.6 Å². The number of anilines is 1. The summed E-state index contributed by atoms with van der Waals surface area (Å²) in [6.07, 6.45) is 3.65. The van der Waals surface area contributed by atoms with E-state index in [-0.39, 0.29) is 5.82 Å². The number of sulfonamides is 1. The summed E-state index contributed by atoms with van der Waals surface area (Å²) < 4.78 is 48.1. The average molecular weight is 540 g/mol. The van der Waals surface area contributed by atoms with E-state index in [0.717, 1.165) is 56.2 Å². The Morgan fingerprint density at radius 2 is 1.79 bits per heavy atom. The Hall–Kier alpha value is -4.43. The minimum absolute atomic E-state index is 0.303. The monoisotopic (exact) mass is 539 g/mol. The third kappa shape index (κ3) is 4.79. The molecule has 4 aromatic carbocycles. The van der Waals surface area contributed by atoms with Gasteiger partial charge in [0.05, 0.1) is 23.7 Å². The van der Waals surface area contributed by atoms with E-state index in [2.05, 4.69) is 34.9 Å². The lowest BCUT2D eigenvalue weighted by molar-refractivity contribution is 0.307. The molecule has 6 rings (SSSR count). The molecule has 0 saturated heterocycles. The molecule has 5 aromatic rings. The number of allylic oxidation sites excluding steroid dienone is 1. The van der Waals surface area contributed by atoms with E-state index < -0.39 is 10.0 Å². The maximum Gasteiger partial charge on any atom is 0.229 e. The molecule has 0 spiro atoms. The molecular formula is C31H26FN3O3S. The van der Waals surface area contributed by atoms with Crippen molar-refractivity contribution >= 4 is 37.8 Å². The van der Waals surface area contributed by atoms with Gasteiger partial charge >= 0.3 is 0 Å². The number of benzene rings is 4. The van der Waals surface area contributed by atoms with Crippen LogP contribution in [0, 0.1) is 5.82 Å². The Balaban J connectivity index is 1.59. The zero-order valence-corrected chi connectivity index (χ0v) is 22.3. The molecule has 0 unspecified atom stereocenters. The smallest absolute Gasteiger partial charge is 0.229 e. The lowest BCUT2D eigenvalue weighted by Gasteiger charge is -2.18. The highest BCUT2D eigenvalue weighted by Crippen LogP contribution is 2.44. The molecule has 39 heavy (non-hydrogen) atoms. The summed E-state index contributed by atoms with van der Waals surface area (Å²) in [5.41, 5.74) is 8.20. The van der Waals surface area contributed by atoms with Gasteiger partial charge in [0.15, 0.2) is 0 Å². The highest BCUT2D eigenvalue weighted by atomic mass is 32.2. The van der Waals surface area contributed by atoms with Crippen LogP contribution < -0.4 is 9.46 Å². The van der Waals surface area contributed by atoms with Crippen LogP contribution in [0.5, 0.6) is 5.75 Å². The van der Waals surface area contributed by atoms with Crippen molar-refractivity contribution < 1.29 is 17.5 Å². The van der Waals surface area contributed by atoms with Gasteiger partial charge in [0.1, 0.15) is 18.2 Å². The van der Waals surface area contributed by atoms with Crippen molar-refractivity contribution in [3.8, 4) is 11.4 Å². The van der Waals surface area contributed by atoms with Crippen molar-refractivity contribution in [3.63, 3.8) is 0 Å². The predicted molar refractivity (Wildman–Crippen MR) is 153 cm³/mol. The van der Waals surface area contributed by atoms with Crippen molar-refractivity contribution in [1.82, 2.24) is 9.78 Å². The van der Waals surface area contributed by atoms with Gasteiger partial charge in [-0.2, -0.15) is 5.10 Å². The van der Waals surface area contributed by atoms with E-state index in [4.69, 9.17) is 4.74 Å². The number of nitrogens with one attached hydrogen (secondary N) is 1. The second kappa shape index (κ2) is 9.71. The molecule has 196 valence electrons. The molecule has 0 bridgehead atoms. The maximum atomic E-state index is 13.6. The maximum absolute atomic E-state index is 13.6. The van der Waals surface area contributed by atoms with E-state index in [1.165, 1.54) is 12.1 Å². The number of halogens is 1. The fraction of sp³-hybridized carbons (Fsp3) is 0.129. The van der Waals surface area contributed by atoms with Gasteiger partial charge in [0.25, 0.3) is 0 Å². The van der Waals surface area contributed by atoms with E-state index in [1.807, 2.05) is 36.4 Å². The van der Waals surface area contributed by atoms with E-state index in [9.17, 15) is 12.8 Å². The molecular weight excluding hydrogens is 513 g/mol. The number of rotatable bonds is 5. The highest BCUT2D eigenvalue weighted by molar-refractivity contribution is 7.92. The van der Waals surface area contributed by atoms with E-state index in [1.54, 1.807) is 29.1 Å². The summed E-state index contributed by atoms with van der Waals surface area (Å²) in [6.45, 7) is 2.49. The molecule has 0 radical (unpaired) electrons. The second-order valence-corrected chi connectivity index (χ2v) is 11.3. The van der Waals surface area contributed by atoms with Gasteiger partial charge in [0.2, 0.25) is 10.0 Å².